The molecule has 3 rings (SSSR count). The fraction of sp³-hybridized carbons (Fsp3) is 0.692. The van der Waals surface area contributed by atoms with Crippen LogP contribution in [-0.2, 0) is 0 Å². The molecular weight excluding hydrogens is 212 g/mol. The Hall–Kier alpha value is -1.16. The van der Waals surface area contributed by atoms with Crippen molar-refractivity contribution in [3.8, 4) is 0 Å². The van der Waals surface area contributed by atoms with Crippen LogP contribution in [0, 0.1) is 6.92 Å². The monoisotopic (exact) mass is 232 g/mol. The van der Waals surface area contributed by atoms with Crippen LogP contribution in [0.2, 0.25) is 0 Å². The topological polar surface area (TPSA) is 49.8 Å². The van der Waals surface area contributed by atoms with Crippen LogP contribution in [0.5, 0.6) is 0 Å². The van der Waals surface area contributed by atoms with Crippen molar-refractivity contribution in [1.82, 2.24) is 15.3 Å². The number of anilines is 1. The van der Waals surface area contributed by atoms with Crippen molar-refractivity contribution in [3.05, 3.63) is 18.0 Å². The molecule has 1 atom stereocenters. The summed E-state index contributed by atoms with van der Waals surface area (Å²) >= 11 is 0. The summed E-state index contributed by atoms with van der Waals surface area (Å²) in [6.45, 7) is 3.13. The van der Waals surface area contributed by atoms with Crippen molar-refractivity contribution >= 4 is 5.95 Å². The zero-order valence-corrected chi connectivity index (χ0v) is 10.4. The van der Waals surface area contributed by atoms with E-state index in [2.05, 4.69) is 20.6 Å². The van der Waals surface area contributed by atoms with Crippen LogP contribution in [0.1, 0.15) is 37.7 Å². The van der Waals surface area contributed by atoms with Crippen molar-refractivity contribution in [2.75, 3.05) is 11.9 Å². The molecule has 2 aliphatic rings. The first kappa shape index (κ1) is 11.0. The standard InChI is InChI=1S/C13H20N4/c1-10-8-14-12(15-9-10)17-11-3-6-16-13(7-11)4-2-5-13/h8-9,11,16H,2-7H2,1H3,(H,14,15,17). The normalized spacial score (nSPS) is 26.5. The summed E-state index contributed by atoms with van der Waals surface area (Å²) in [5.41, 5.74) is 1.54. The van der Waals surface area contributed by atoms with Gasteiger partial charge in [-0.2, -0.15) is 0 Å². The molecule has 1 spiro atoms. The Labute approximate surface area is 102 Å². The minimum absolute atomic E-state index is 0.431. The van der Waals surface area contributed by atoms with Crippen molar-refractivity contribution in [3.63, 3.8) is 0 Å². The highest BCUT2D eigenvalue weighted by Gasteiger charge is 2.40. The Morgan fingerprint density at radius 3 is 2.76 bits per heavy atom. The highest BCUT2D eigenvalue weighted by Crippen LogP contribution is 2.38. The van der Waals surface area contributed by atoms with Crippen LogP contribution in [0.4, 0.5) is 5.95 Å². The molecule has 1 aliphatic heterocycles. The third-order valence-corrected chi connectivity index (χ3v) is 4.05. The Bertz CT molecular complexity index is 383. The Morgan fingerprint density at radius 1 is 1.35 bits per heavy atom. The Morgan fingerprint density at radius 2 is 2.12 bits per heavy atom. The van der Waals surface area contributed by atoms with Crippen LogP contribution in [0.3, 0.4) is 0 Å². The van der Waals surface area contributed by atoms with Crippen molar-refractivity contribution in [1.29, 1.82) is 0 Å². The lowest BCUT2D eigenvalue weighted by molar-refractivity contribution is 0.135. The van der Waals surface area contributed by atoms with Crippen molar-refractivity contribution in [2.45, 2.75) is 50.6 Å². The van der Waals surface area contributed by atoms with Gasteiger partial charge in [0, 0.05) is 24.0 Å². The third kappa shape index (κ3) is 2.27. The maximum absolute atomic E-state index is 4.32. The van der Waals surface area contributed by atoms with Crippen LogP contribution in [-0.4, -0.2) is 28.1 Å². The zero-order valence-electron chi connectivity index (χ0n) is 10.4. The fourth-order valence-electron chi connectivity index (χ4n) is 2.91. The summed E-state index contributed by atoms with van der Waals surface area (Å²) in [4.78, 5) is 8.64. The summed E-state index contributed by atoms with van der Waals surface area (Å²) in [7, 11) is 0. The first-order valence-corrected chi connectivity index (χ1v) is 6.56. The first-order chi connectivity index (χ1) is 8.26. The molecule has 2 fully saturated rings. The molecule has 0 aromatic carbocycles. The van der Waals surface area contributed by atoms with Crippen molar-refractivity contribution in [2.24, 2.45) is 0 Å². The van der Waals surface area contributed by atoms with Gasteiger partial charge in [0.15, 0.2) is 0 Å². The lowest BCUT2D eigenvalue weighted by Crippen LogP contribution is -2.58. The highest BCUT2D eigenvalue weighted by molar-refractivity contribution is 5.27. The fourth-order valence-corrected chi connectivity index (χ4v) is 2.91. The smallest absolute Gasteiger partial charge is 0.222 e. The van der Waals surface area contributed by atoms with Gasteiger partial charge in [-0.3, -0.25) is 0 Å². The van der Waals surface area contributed by atoms with Crippen LogP contribution in [0.25, 0.3) is 0 Å². The maximum Gasteiger partial charge on any atom is 0.222 e. The summed E-state index contributed by atoms with van der Waals surface area (Å²) in [6.07, 6.45) is 10.2. The van der Waals surface area contributed by atoms with Crippen molar-refractivity contribution < 1.29 is 0 Å². The number of rotatable bonds is 2. The number of hydrogen-bond donors (Lipinski definition) is 2. The average molecular weight is 232 g/mol. The van der Waals surface area contributed by atoms with E-state index in [-0.39, 0.29) is 0 Å². The van der Waals surface area contributed by atoms with Gasteiger partial charge in [0.2, 0.25) is 5.95 Å². The number of aryl methyl sites for hydroxylation is 1. The Balaban J connectivity index is 1.63. The second kappa shape index (κ2) is 4.26. The number of hydrogen-bond acceptors (Lipinski definition) is 4. The molecule has 1 aromatic heterocycles. The minimum Gasteiger partial charge on any atom is -0.351 e. The molecule has 1 saturated carbocycles. The van der Waals surface area contributed by atoms with Gasteiger partial charge in [-0.15, -0.1) is 0 Å². The molecule has 0 amide bonds. The van der Waals surface area contributed by atoms with E-state index in [9.17, 15) is 0 Å². The number of nitrogens with one attached hydrogen (secondary N) is 2. The molecule has 4 nitrogen and oxygen atoms in total. The summed E-state index contributed by atoms with van der Waals surface area (Å²) in [5, 5.41) is 7.15. The van der Waals surface area contributed by atoms with E-state index in [0.29, 0.717) is 11.6 Å². The Kier molecular flexibility index (Phi) is 2.74. The van der Waals surface area contributed by atoms with E-state index in [1.807, 2.05) is 19.3 Å². The second-order valence-electron chi connectivity index (χ2n) is 5.48. The molecule has 4 heteroatoms. The molecular formula is C13H20N4. The predicted molar refractivity (Wildman–Crippen MR) is 68.0 cm³/mol. The van der Waals surface area contributed by atoms with Gasteiger partial charge in [-0.05, 0) is 51.1 Å². The molecule has 0 radical (unpaired) electrons. The number of piperidine rings is 1. The molecule has 2 N–H and O–H groups in total. The van der Waals surface area contributed by atoms with E-state index < -0.39 is 0 Å². The number of aromatic nitrogens is 2. The number of nitrogens with zero attached hydrogens (tertiary/aromatic N) is 2. The molecule has 1 saturated heterocycles. The molecule has 92 valence electrons. The van der Waals surface area contributed by atoms with Gasteiger partial charge in [-0.25, -0.2) is 9.97 Å². The summed E-state index contributed by atoms with van der Waals surface area (Å²) < 4.78 is 0. The van der Waals surface area contributed by atoms with E-state index in [1.54, 1.807) is 0 Å². The van der Waals surface area contributed by atoms with Gasteiger partial charge in [0.05, 0.1) is 0 Å². The van der Waals surface area contributed by atoms with Crippen LogP contribution >= 0.6 is 0 Å². The lowest BCUT2D eigenvalue weighted by atomic mass is 9.70. The largest absolute Gasteiger partial charge is 0.351 e. The van der Waals surface area contributed by atoms with Gasteiger partial charge in [0.1, 0.15) is 0 Å². The molecule has 1 aliphatic carbocycles. The first-order valence-electron chi connectivity index (χ1n) is 6.56. The van der Waals surface area contributed by atoms with E-state index in [4.69, 9.17) is 0 Å². The SMILES string of the molecule is Cc1cnc(NC2CCNC3(CCC3)C2)nc1. The molecule has 2 heterocycles. The maximum atomic E-state index is 4.32. The predicted octanol–water partition coefficient (Wildman–Crippen LogP) is 1.87. The third-order valence-electron chi connectivity index (χ3n) is 4.05. The molecule has 0 bridgehead atoms. The highest BCUT2D eigenvalue weighted by atomic mass is 15.1. The van der Waals surface area contributed by atoms with Gasteiger partial charge < -0.3 is 10.6 Å². The van der Waals surface area contributed by atoms with Crippen LogP contribution in [0.15, 0.2) is 12.4 Å². The van der Waals surface area contributed by atoms with E-state index in [1.165, 1.54) is 32.1 Å². The summed E-state index contributed by atoms with van der Waals surface area (Å²) in [5.74, 6) is 0.775. The quantitative estimate of drug-likeness (QED) is 0.817. The summed E-state index contributed by atoms with van der Waals surface area (Å²) in [6, 6.07) is 0.527. The second-order valence-corrected chi connectivity index (χ2v) is 5.48. The van der Waals surface area contributed by atoms with Gasteiger partial charge in [0.25, 0.3) is 0 Å². The van der Waals surface area contributed by atoms with E-state index in [0.717, 1.165) is 18.1 Å². The zero-order chi connectivity index (χ0) is 11.7. The molecule has 1 aromatic rings. The minimum atomic E-state index is 0.431. The van der Waals surface area contributed by atoms with Gasteiger partial charge in [-0.1, -0.05) is 0 Å². The molecule has 1 unspecified atom stereocenters. The average Bonchev–Trinajstić information content (AvgIpc) is 2.31. The van der Waals surface area contributed by atoms with Gasteiger partial charge >= 0.3 is 0 Å². The molecule has 17 heavy (non-hydrogen) atoms. The van der Waals surface area contributed by atoms with Crippen LogP contribution < -0.4 is 10.6 Å². The van der Waals surface area contributed by atoms with E-state index >= 15 is 0 Å². The lowest BCUT2D eigenvalue weighted by Gasteiger charge is -2.48.